The number of hydrogen-bond donors (Lipinski definition) is 1. The third-order valence-corrected chi connectivity index (χ3v) is 9.86. The number of rotatable bonds is 5. The van der Waals surface area contributed by atoms with E-state index in [-0.39, 0.29) is 5.04 Å². The molecule has 0 saturated heterocycles. The van der Waals surface area contributed by atoms with Crippen LogP contribution < -0.4 is 5.32 Å². The van der Waals surface area contributed by atoms with Gasteiger partial charge in [0.1, 0.15) is 5.82 Å². The van der Waals surface area contributed by atoms with E-state index in [9.17, 15) is 0 Å². The first kappa shape index (κ1) is 20.1. The molecule has 1 N–H and O–H groups in total. The van der Waals surface area contributed by atoms with Crippen molar-refractivity contribution in [1.29, 1.82) is 0 Å². The minimum absolute atomic E-state index is 0.179. The molecule has 0 saturated carbocycles. The largest absolute Gasteiger partial charge is 0.549 e. The van der Waals surface area contributed by atoms with Crippen LogP contribution in [0.5, 0.6) is 0 Å². The molecule has 1 aromatic heterocycles. The predicted octanol–water partition coefficient (Wildman–Crippen LogP) is 7.28. The van der Waals surface area contributed by atoms with Crippen LogP contribution in [0.25, 0.3) is 17.0 Å². The number of nitrogens with zero attached hydrogens (tertiary/aromatic N) is 1. The van der Waals surface area contributed by atoms with Crippen molar-refractivity contribution in [2.45, 2.75) is 45.8 Å². The first-order valence-electron chi connectivity index (χ1n) is 9.74. The first-order valence-corrected chi connectivity index (χ1v) is 12.6. The molecule has 2 aromatic carbocycles. The van der Waals surface area contributed by atoms with E-state index in [0.717, 1.165) is 33.5 Å². The summed E-state index contributed by atoms with van der Waals surface area (Å²) in [5, 5.41) is 4.74. The lowest BCUT2D eigenvalue weighted by Gasteiger charge is -2.34. The van der Waals surface area contributed by atoms with Crippen LogP contribution in [0.3, 0.4) is 0 Å². The average molecular weight is 391 g/mol. The highest BCUT2D eigenvalue weighted by Crippen LogP contribution is 2.37. The molecule has 0 aliphatic rings. The van der Waals surface area contributed by atoms with Crippen molar-refractivity contribution in [2.24, 2.45) is 0 Å². The van der Waals surface area contributed by atoms with E-state index in [1.807, 2.05) is 42.7 Å². The summed E-state index contributed by atoms with van der Waals surface area (Å²) in [7, 11) is -1.82. The molecule has 28 heavy (non-hydrogen) atoms. The number of anilines is 2. The van der Waals surface area contributed by atoms with Crippen LogP contribution in [0, 0.1) is 6.92 Å². The van der Waals surface area contributed by atoms with E-state index >= 15 is 0 Å². The van der Waals surface area contributed by atoms with Crippen molar-refractivity contribution in [3.05, 3.63) is 72.0 Å². The highest BCUT2D eigenvalue weighted by Gasteiger charge is 2.37. The van der Waals surface area contributed by atoms with Gasteiger partial charge in [-0.25, -0.2) is 4.98 Å². The summed E-state index contributed by atoms with van der Waals surface area (Å²) in [6.45, 7) is 13.3. The van der Waals surface area contributed by atoms with E-state index in [4.69, 9.17) is 9.41 Å². The van der Waals surface area contributed by atoms with Gasteiger partial charge in [0, 0.05) is 16.6 Å². The maximum atomic E-state index is 6.21. The highest BCUT2D eigenvalue weighted by molar-refractivity contribution is 6.74. The summed E-state index contributed by atoms with van der Waals surface area (Å²) in [5.41, 5.74) is 4.19. The zero-order valence-electron chi connectivity index (χ0n) is 17.7. The van der Waals surface area contributed by atoms with Gasteiger partial charge in [0.2, 0.25) is 8.32 Å². The topological polar surface area (TPSA) is 34.1 Å². The molecule has 0 spiro atoms. The molecule has 3 rings (SSSR count). The summed E-state index contributed by atoms with van der Waals surface area (Å²) in [5.74, 6) is 0.880. The van der Waals surface area contributed by atoms with Gasteiger partial charge in [0.25, 0.3) is 0 Å². The molecule has 3 aromatic rings. The minimum atomic E-state index is -1.82. The lowest BCUT2D eigenvalue weighted by atomic mass is 10.1. The van der Waals surface area contributed by atoms with Gasteiger partial charge in [-0.15, -0.1) is 0 Å². The summed E-state index contributed by atoms with van der Waals surface area (Å²) < 4.78 is 6.21. The zero-order valence-corrected chi connectivity index (χ0v) is 18.7. The summed E-state index contributed by atoms with van der Waals surface area (Å²) in [6, 6.07) is 18.6. The van der Waals surface area contributed by atoms with Crippen LogP contribution in [0.4, 0.5) is 11.5 Å². The lowest BCUT2D eigenvalue weighted by molar-refractivity contribution is 0.433. The third kappa shape index (κ3) is 4.45. The number of nitrogens with one attached hydrogen (secondary N) is 1. The Morgan fingerprint density at radius 2 is 1.71 bits per heavy atom. The van der Waals surface area contributed by atoms with Crippen molar-refractivity contribution in [3.8, 4) is 0 Å². The van der Waals surface area contributed by atoms with Crippen LogP contribution in [0.1, 0.15) is 31.9 Å². The fraction of sp³-hybridized carbons (Fsp3) is 0.292. The normalized spacial score (nSPS) is 12.5. The Morgan fingerprint density at radius 3 is 2.39 bits per heavy atom. The van der Waals surface area contributed by atoms with Gasteiger partial charge >= 0.3 is 0 Å². The Bertz CT molecular complexity index is 989. The van der Waals surface area contributed by atoms with E-state index < -0.39 is 8.32 Å². The Kier molecular flexibility index (Phi) is 5.61. The van der Waals surface area contributed by atoms with E-state index in [1.165, 1.54) is 0 Å². The molecule has 0 unspecified atom stereocenters. The van der Waals surface area contributed by atoms with E-state index in [1.54, 1.807) is 0 Å². The Hall–Kier alpha value is -2.59. The molecule has 0 atom stereocenters. The number of pyridine rings is 1. The predicted molar refractivity (Wildman–Crippen MR) is 124 cm³/mol. The monoisotopic (exact) mass is 390 g/mol. The Balaban J connectivity index is 1.93. The third-order valence-electron chi connectivity index (χ3n) is 5.52. The molecule has 146 valence electrons. The van der Waals surface area contributed by atoms with Crippen molar-refractivity contribution in [3.63, 3.8) is 0 Å². The molecule has 0 radical (unpaired) electrons. The van der Waals surface area contributed by atoms with Gasteiger partial charge in [-0.1, -0.05) is 57.2 Å². The number of benzene rings is 2. The Labute approximate surface area is 169 Å². The molecule has 1 heterocycles. The molecule has 0 fully saturated rings. The van der Waals surface area contributed by atoms with Gasteiger partial charge in [0.15, 0.2) is 0 Å². The van der Waals surface area contributed by atoms with Crippen LogP contribution in [0.2, 0.25) is 18.1 Å². The second kappa shape index (κ2) is 7.80. The molecule has 4 heteroatoms. The smallest absolute Gasteiger partial charge is 0.249 e. The van der Waals surface area contributed by atoms with Gasteiger partial charge in [-0.05, 0) is 54.9 Å². The fourth-order valence-corrected chi connectivity index (χ4v) is 3.46. The molecular weight excluding hydrogens is 360 g/mol. The quantitative estimate of drug-likeness (QED) is 0.367. The van der Waals surface area contributed by atoms with Crippen molar-refractivity contribution in [2.75, 3.05) is 5.32 Å². The maximum absolute atomic E-state index is 6.21. The first-order chi connectivity index (χ1) is 13.2. The van der Waals surface area contributed by atoms with Crippen LogP contribution in [-0.2, 0) is 4.43 Å². The van der Waals surface area contributed by atoms with Gasteiger partial charge in [0.05, 0.1) is 11.8 Å². The highest BCUT2D eigenvalue weighted by atomic mass is 28.4. The van der Waals surface area contributed by atoms with Crippen LogP contribution in [-0.4, -0.2) is 13.3 Å². The molecule has 0 bridgehead atoms. The number of hydrogen-bond acceptors (Lipinski definition) is 3. The molecule has 0 aliphatic carbocycles. The summed E-state index contributed by atoms with van der Waals surface area (Å²) >= 11 is 0. The van der Waals surface area contributed by atoms with Crippen molar-refractivity contribution in [1.82, 2.24) is 4.98 Å². The van der Waals surface area contributed by atoms with Gasteiger partial charge < -0.3 is 9.74 Å². The molecule has 0 amide bonds. The number of aromatic nitrogens is 1. The van der Waals surface area contributed by atoms with E-state index in [2.05, 4.69) is 70.4 Å². The van der Waals surface area contributed by atoms with Crippen molar-refractivity contribution < 1.29 is 4.43 Å². The summed E-state index contributed by atoms with van der Waals surface area (Å²) in [6.07, 6.45) is 3.90. The number of fused-ring (bicyclic) bond motifs is 1. The van der Waals surface area contributed by atoms with Crippen LogP contribution >= 0.6 is 0 Å². The fourth-order valence-electron chi connectivity index (χ4n) is 2.70. The average Bonchev–Trinajstić information content (AvgIpc) is 2.62. The Morgan fingerprint density at radius 1 is 1.00 bits per heavy atom. The zero-order chi connectivity index (χ0) is 20.4. The second-order valence-corrected chi connectivity index (χ2v) is 13.5. The van der Waals surface area contributed by atoms with E-state index in [0.29, 0.717) is 0 Å². The SMILES string of the molecule is Cc1cc2cccc(C=CO[Si](C)(C)C(C)(C)C)c2nc1Nc1ccccc1. The molecule has 0 aliphatic heterocycles. The van der Waals surface area contributed by atoms with Crippen molar-refractivity contribution >= 4 is 36.8 Å². The maximum Gasteiger partial charge on any atom is 0.249 e. The van der Waals surface area contributed by atoms with Crippen LogP contribution in [0.15, 0.2) is 60.9 Å². The summed E-state index contributed by atoms with van der Waals surface area (Å²) in [4.78, 5) is 4.93. The van der Waals surface area contributed by atoms with Gasteiger partial charge in [-0.3, -0.25) is 0 Å². The van der Waals surface area contributed by atoms with Gasteiger partial charge in [-0.2, -0.15) is 0 Å². The number of aryl methyl sites for hydroxylation is 1. The standard InChI is InChI=1S/C24H30N2OSi/c1-18-17-20-12-10-11-19(15-16-27-28(5,6)24(2,3)4)22(20)26-23(18)25-21-13-8-7-9-14-21/h7-17H,1-6H3,(H,25,26). The second-order valence-electron chi connectivity index (χ2n) is 8.74. The molecule has 3 nitrogen and oxygen atoms in total. The molecular formula is C24H30N2OSi. The number of para-hydroxylation sites is 2. The minimum Gasteiger partial charge on any atom is -0.549 e. The lowest BCUT2D eigenvalue weighted by Crippen LogP contribution is -2.39.